The zero-order chi connectivity index (χ0) is 21.9. The van der Waals surface area contributed by atoms with E-state index >= 15 is 0 Å². The van der Waals surface area contributed by atoms with E-state index in [-0.39, 0.29) is 41.1 Å². The van der Waals surface area contributed by atoms with Crippen LogP contribution in [0.15, 0.2) is 23.1 Å². The molecule has 168 valence electrons. The summed E-state index contributed by atoms with van der Waals surface area (Å²) >= 11 is 0. The smallest absolute Gasteiger partial charge is 0.251 e. The summed E-state index contributed by atoms with van der Waals surface area (Å²) < 4.78 is 38.3. The maximum atomic E-state index is 13.2. The van der Waals surface area contributed by atoms with Crippen LogP contribution in [0.5, 0.6) is 5.75 Å². The number of rotatable bonds is 5. The highest BCUT2D eigenvalue weighted by Gasteiger charge is 2.35. The molecule has 1 saturated heterocycles. The van der Waals surface area contributed by atoms with E-state index in [9.17, 15) is 13.2 Å². The number of amides is 1. The molecule has 8 heteroatoms. The molecule has 1 heterocycles. The van der Waals surface area contributed by atoms with Crippen molar-refractivity contribution < 1.29 is 22.7 Å². The molecule has 7 nitrogen and oxygen atoms in total. The first-order chi connectivity index (χ1) is 14.1. The van der Waals surface area contributed by atoms with Gasteiger partial charge in [-0.2, -0.15) is 4.31 Å². The maximum absolute atomic E-state index is 13.2. The Bertz CT molecular complexity index is 857. The summed E-state index contributed by atoms with van der Waals surface area (Å²) in [7, 11) is -2.35. The monoisotopic (exact) mass is 438 g/mol. The Hall–Kier alpha value is -1.64. The third-order valence-corrected chi connectivity index (χ3v) is 8.13. The number of morpholine rings is 1. The number of carbonyl (C=O) groups excluding carboxylic acids is 1. The molecule has 1 aromatic rings. The van der Waals surface area contributed by atoms with Gasteiger partial charge in [0.05, 0.1) is 20.3 Å². The van der Waals surface area contributed by atoms with Crippen molar-refractivity contribution in [2.45, 2.75) is 57.4 Å². The molecule has 1 saturated carbocycles. The fourth-order valence-corrected chi connectivity index (χ4v) is 6.13. The summed E-state index contributed by atoms with van der Waals surface area (Å²) in [5.74, 6) is 0.394. The minimum atomic E-state index is -3.78. The lowest BCUT2D eigenvalue weighted by molar-refractivity contribution is 0.0729. The van der Waals surface area contributed by atoms with E-state index in [0.29, 0.717) is 24.7 Å². The van der Waals surface area contributed by atoms with Crippen molar-refractivity contribution in [2.24, 2.45) is 11.3 Å². The van der Waals surface area contributed by atoms with Crippen LogP contribution in [0.25, 0.3) is 0 Å². The van der Waals surface area contributed by atoms with Crippen LogP contribution >= 0.6 is 0 Å². The number of nitrogens with one attached hydrogen (secondary N) is 1. The van der Waals surface area contributed by atoms with Gasteiger partial charge in [0, 0.05) is 24.7 Å². The van der Waals surface area contributed by atoms with E-state index in [1.165, 1.54) is 23.9 Å². The molecule has 0 bridgehead atoms. The van der Waals surface area contributed by atoms with Gasteiger partial charge in [-0.1, -0.05) is 33.6 Å². The summed E-state index contributed by atoms with van der Waals surface area (Å²) in [5.41, 5.74) is 0.434. The van der Waals surface area contributed by atoms with Crippen LogP contribution in [0.4, 0.5) is 0 Å². The highest BCUT2D eigenvalue weighted by Crippen LogP contribution is 2.38. The molecule has 2 aliphatic rings. The van der Waals surface area contributed by atoms with Crippen LogP contribution in [0.2, 0.25) is 0 Å². The molecule has 1 amide bonds. The predicted molar refractivity (Wildman–Crippen MR) is 115 cm³/mol. The topological polar surface area (TPSA) is 84.9 Å². The average molecular weight is 439 g/mol. The molecular formula is C22H34N2O5S. The van der Waals surface area contributed by atoms with Gasteiger partial charge in [0.1, 0.15) is 10.6 Å². The van der Waals surface area contributed by atoms with Crippen LogP contribution in [0, 0.1) is 11.3 Å². The van der Waals surface area contributed by atoms with Gasteiger partial charge in [-0.25, -0.2) is 8.42 Å². The Morgan fingerprint density at radius 2 is 1.83 bits per heavy atom. The summed E-state index contributed by atoms with van der Waals surface area (Å²) in [6.45, 7) is 7.93. The van der Waals surface area contributed by atoms with Gasteiger partial charge in [-0.3, -0.25) is 4.79 Å². The van der Waals surface area contributed by atoms with Crippen LogP contribution in [0.1, 0.15) is 56.8 Å². The summed E-state index contributed by atoms with van der Waals surface area (Å²) in [6, 6.07) is 4.72. The summed E-state index contributed by atoms with van der Waals surface area (Å²) in [4.78, 5) is 13.1. The normalized spacial score (nSPS) is 23.7. The average Bonchev–Trinajstić information content (AvgIpc) is 2.73. The number of sulfonamides is 1. The Kier molecular flexibility index (Phi) is 7.09. The van der Waals surface area contributed by atoms with Crippen molar-refractivity contribution in [1.29, 1.82) is 0 Å². The number of nitrogens with zero attached hydrogens (tertiary/aromatic N) is 1. The first-order valence-corrected chi connectivity index (χ1v) is 12.2. The van der Waals surface area contributed by atoms with Crippen LogP contribution in [0.3, 0.4) is 0 Å². The quantitative estimate of drug-likeness (QED) is 0.764. The van der Waals surface area contributed by atoms with E-state index in [1.807, 2.05) is 0 Å². The van der Waals surface area contributed by atoms with Gasteiger partial charge in [0.2, 0.25) is 10.0 Å². The van der Waals surface area contributed by atoms with Crippen molar-refractivity contribution in [1.82, 2.24) is 9.62 Å². The van der Waals surface area contributed by atoms with Gasteiger partial charge < -0.3 is 14.8 Å². The molecular weight excluding hydrogens is 404 g/mol. The molecule has 2 fully saturated rings. The van der Waals surface area contributed by atoms with Gasteiger partial charge >= 0.3 is 0 Å². The molecule has 0 aromatic heterocycles. The van der Waals surface area contributed by atoms with E-state index in [1.54, 1.807) is 12.1 Å². The van der Waals surface area contributed by atoms with Crippen molar-refractivity contribution in [3.63, 3.8) is 0 Å². The summed E-state index contributed by atoms with van der Waals surface area (Å²) in [6.07, 6.45) is 4.31. The van der Waals surface area contributed by atoms with Gasteiger partial charge in [0.25, 0.3) is 5.91 Å². The highest BCUT2D eigenvalue weighted by molar-refractivity contribution is 7.89. The second-order valence-corrected chi connectivity index (χ2v) is 11.1. The van der Waals surface area contributed by atoms with Crippen molar-refractivity contribution in [3.05, 3.63) is 23.8 Å². The second kappa shape index (κ2) is 9.24. The van der Waals surface area contributed by atoms with E-state index < -0.39 is 10.0 Å². The fourth-order valence-electron chi connectivity index (χ4n) is 4.54. The number of benzene rings is 1. The van der Waals surface area contributed by atoms with Gasteiger partial charge in [-0.15, -0.1) is 0 Å². The number of ether oxygens (including phenoxy) is 2. The Morgan fingerprint density at radius 3 is 2.47 bits per heavy atom. The third-order valence-electron chi connectivity index (χ3n) is 6.21. The lowest BCUT2D eigenvalue weighted by Crippen LogP contribution is -2.46. The van der Waals surface area contributed by atoms with E-state index in [0.717, 1.165) is 19.3 Å². The Labute approximate surface area is 180 Å². The zero-order valence-electron chi connectivity index (χ0n) is 18.4. The minimum Gasteiger partial charge on any atom is -0.495 e. The standard InChI is InChI=1S/C22H34N2O5S/c1-22(2,3)17-7-5-6-8-18(17)23-21(25)16-9-10-19(28-4)20(15-16)30(26,27)24-11-13-29-14-12-24/h9-10,15,17-18H,5-8,11-14H2,1-4H3,(H,23,25). The molecule has 1 aliphatic carbocycles. The molecule has 3 rings (SSSR count). The largest absolute Gasteiger partial charge is 0.495 e. The van der Waals surface area contributed by atoms with Crippen LogP contribution in [-0.4, -0.2) is 58.1 Å². The second-order valence-electron chi connectivity index (χ2n) is 9.22. The number of hydrogen-bond donors (Lipinski definition) is 1. The predicted octanol–water partition coefficient (Wildman–Crippen LogP) is 3.05. The van der Waals surface area contributed by atoms with Crippen molar-refractivity contribution in [3.8, 4) is 5.75 Å². The molecule has 1 aromatic carbocycles. The molecule has 2 unspecified atom stereocenters. The SMILES string of the molecule is COc1ccc(C(=O)NC2CCCCC2C(C)(C)C)cc1S(=O)(=O)N1CCOCC1. The summed E-state index contributed by atoms with van der Waals surface area (Å²) in [5, 5.41) is 3.18. The number of methoxy groups -OCH3 is 1. The third kappa shape index (κ3) is 4.98. The molecule has 0 spiro atoms. The first-order valence-electron chi connectivity index (χ1n) is 10.7. The number of carbonyl (C=O) groups is 1. The highest BCUT2D eigenvalue weighted by atomic mass is 32.2. The zero-order valence-corrected chi connectivity index (χ0v) is 19.3. The minimum absolute atomic E-state index is 0.0237. The Morgan fingerprint density at radius 1 is 1.17 bits per heavy atom. The lowest BCUT2D eigenvalue weighted by atomic mass is 9.69. The van der Waals surface area contributed by atoms with Crippen LogP contribution < -0.4 is 10.1 Å². The van der Waals surface area contributed by atoms with Crippen molar-refractivity contribution >= 4 is 15.9 Å². The molecule has 30 heavy (non-hydrogen) atoms. The van der Waals surface area contributed by atoms with Crippen LogP contribution in [-0.2, 0) is 14.8 Å². The number of hydrogen-bond acceptors (Lipinski definition) is 5. The molecule has 1 aliphatic heterocycles. The van der Waals surface area contributed by atoms with E-state index in [4.69, 9.17) is 9.47 Å². The van der Waals surface area contributed by atoms with Gasteiger partial charge in [0.15, 0.2) is 0 Å². The van der Waals surface area contributed by atoms with Crippen molar-refractivity contribution in [2.75, 3.05) is 33.4 Å². The lowest BCUT2D eigenvalue weighted by Gasteiger charge is -2.40. The first kappa shape index (κ1) is 23.0. The molecule has 2 atom stereocenters. The molecule has 0 radical (unpaired) electrons. The van der Waals surface area contributed by atoms with Gasteiger partial charge in [-0.05, 0) is 42.4 Å². The fraction of sp³-hybridized carbons (Fsp3) is 0.682. The maximum Gasteiger partial charge on any atom is 0.251 e. The molecule has 1 N–H and O–H groups in total. The Balaban J connectivity index is 1.86. The van der Waals surface area contributed by atoms with E-state index in [2.05, 4.69) is 26.1 Å².